The summed E-state index contributed by atoms with van der Waals surface area (Å²) in [5.41, 5.74) is 0.0962. The Labute approximate surface area is 92.1 Å². The monoisotopic (exact) mass is 215 g/mol. The van der Waals surface area contributed by atoms with Gasteiger partial charge < -0.3 is 9.84 Å². The molecule has 1 N–H and O–H groups in total. The molecule has 1 aromatic carbocycles. The largest absolute Gasteiger partial charge is 0.478 e. The highest BCUT2D eigenvalue weighted by atomic mass is 16.5. The van der Waals surface area contributed by atoms with E-state index in [0.717, 1.165) is 0 Å². The summed E-state index contributed by atoms with van der Waals surface area (Å²) in [4.78, 5) is 14.7. The fourth-order valence-corrected chi connectivity index (χ4v) is 1.25. The molecule has 0 amide bonds. The van der Waals surface area contributed by atoms with Crippen LogP contribution in [0.25, 0.3) is 0 Å². The van der Waals surface area contributed by atoms with Gasteiger partial charge in [-0.05, 0) is 18.2 Å². The van der Waals surface area contributed by atoms with Gasteiger partial charge in [-0.3, -0.25) is 4.98 Å². The van der Waals surface area contributed by atoms with E-state index < -0.39 is 5.97 Å². The van der Waals surface area contributed by atoms with Gasteiger partial charge in [-0.15, -0.1) is 0 Å². The second-order valence-electron chi connectivity index (χ2n) is 3.09. The smallest absolute Gasteiger partial charge is 0.339 e. The molecule has 2 rings (SSSR count). The first-order valence-corrected chi connectivity index (χ1v) is 4.67. The number of benzene rings is 1. The van der Waals surface area contributed by atoms with E-state index in [1.807, 2.05) is 18.2 Å². The molecule has 2 aromatic rings. The molecule has 0 spiro atoms. The van der Waals surface area contributed by atoms with Crippen molar-refractivity contribution in [3.63, 3.8) is 0 Å². The third kappa shape index (κ3) is 2.17. The average Bonchev–Trinajstić information content (AvgIpc) is 2.31. The molecule has 4 nitrogen and oxygen atoms in total. The first-order valence-electron chi connectivity index (χ1n) is 4.67. The first kappa shape index (κ1) is 10.2. The lowest BCUT2D eigenvalue weighted by Crippen LogP contribution is -2.00. The Morgan fingerprint density at radius 3 is 2.62 bits per heavy atom. The highest BCUT2D eigenvalue weighted by Crippen LogP contribution is 2.23. The zero-order chi connectivity index (χ0) is 11.4. The second kappa shape index (κ2) is 4.44. The zero-order valence-electron chi connectivity index (χ0n) is 8.33. The van der Waals surface area contributed by atoms with Crippen LogP contribution in [0, 0.1) is 0 Å². The quantitative estimate of drug-likeness (QED) is 0.854. The van der Waals surface area contributed by atoms with Crippen molar-refractivity contribution in [2.45, 2.75) is 0 Å². The van der Waals surface area contributed by atoms with Crippen LogP contribution in [0.3, 0.4) is 0 Å². The highest BCUT2D eigenvalue weighted by Gasteiger charge is 2.11. The molecule has 80 valence electrons. The van der Waals surface area contributed by atoms with Gasteiger partial charge in [0.2, 0.25) is 0 Å². The summed E-state index contributed by atoms with van der Waals surface area (Å²) in [6, 6.07) is 10.4. The summed E-state index contributed by atoms with van der Waals surface area (Å²) in [5, 5.41) is 8.94. The van der Waals surface area contributed by atoms with Crippen LogP contribution >= 0.6 is 0 Å². The molecule has 4 heteroatoms. The molecular formula is C12H9NO3. The minimum Gasteiger partial charge on any atom is -0.478 e. The number of carboxylic acid groups (broad SMARTS) is 1. The maximum absolute atomic E-state index is 10.9. The van der Waals surface area contributed by atoms with E-state index in [9.17, 15) is 4.79 Å². The zero-order valence-corrected chi connectivity index (χ0v) is 8.33. The summed E-state index contributed by atoms with van der Waals surface area (Å²) in [5.74, 6) is -0.215. The minimum atomic E-state index is -1.03. The number of nitrogens with zero attached hydrogens (tertiary/aromatic N) is 1. The van der Waals surface area contributed by atoms with Crippen LogP contribution < -0.4 is 4.74 Å². The van der Waals surface area contributed by atoms with Crippen LogP contribution in [0.15, 0.2) is 48.8 Å². The Morgan fingerprint density at radius 1 is 1.19 bits per heavy atom. The summed E-state index contributed by atoms with van der Waals surface area (Å²) < 4.78 is 5.43. The number of carboxylic acids is 1. The predicted octanol–water partition coefficient (Wildman–Crippen LogP) is 2.57. The Balaban J connectivity index is 2.31. The van der Waals surface area contributed by atoms with E-state index in [-0.39, 0.29) is 11.3 Å². The van der Waals surface area contributed by atoms with Gasteiger partial charge in [0.1, 0.15) is 11.3 Å². The van der Waals surface area contributed by atoms with E-state index in [1.54, 1.807) is 12.1 Å². The molecule has 0 radical (unpaired) electrons. The van der Waals surface area contributed by atoms with Crippen LogP contribution in [-0.2, 0) is 0 Å². The Morgan fingerprint density at radius 2 is 1.94 bits per heavy atom. The van der Waals surface area contributed by atoms with Crippen LogP contribution in [0.2, 0.25) is 0 Å². The van der Waals surface area contributed by atoms with Gasteiger partial charge in [0.15, 0.2) is 5.75 Å². The van der Waals surface area contributed by atoms with E-state index in [4.69, 9.17) is 9.84 Å². The van der Waals surface area contributed by atoms with E-state index in [0.29, 0.717) is 5.75 Å². The predicted molar refractivity (Wildman–Crippen MR) is 57.7 cm³/mol. The average molecular weight is 215 g/mol. The van der Waals surface area contributed by atoms with Crippen molar-refractivity contribution < 1.29 is 14.6 Å². The van der Waals surface area contributed by atoms with E-state index in [1.165, 1.54) is 18.5 Å². The fourth-order valence-electron chi connectivity index (χ4n) is 1.25. The van der Waals surface area contributed by atoms with Gasteiger partial charge in [0.25, 0.3) is 0 Å². The maximum atomic E-state index is 10.9. The normalized spacial score (nSPS) is 9.75. The molecule has 0 fully saturated rings. The van der Waals surface area contributed by atoms with E-state index >= 15 is 0 Å². The Kier molecular flexibility index (Phi) is 2.82. The third-order valence-electron chi connectivity index (χ3n) is 1.99. The first-order chi connectivity index (χ1) is 7.77. The lowest BCUT2D eigenvalue weighted by molar-refractivity contribution is 0.0694. The molecule has 0 aliphatic carbocycles. The van der Waals surface area contributed by atoms with Gasteiger partial charge >= 0.3 is 5.97 Å². The third-order valence-corrected chi connectivity index (χ3v) is 1.99. The summed E-state index contributed by atoms with van der Waals surface area (Å²) >= 11 is 0. The number of hydrogen-bond acceptors (Lipinski definition) is 3. The maximum Gasteiger partial charge on any atom is 0.339 e. The number of ether oxygens (including phenoxy) is 1. The van der Waals surface area contributed by atoms with Crippen molar-refractivity contribution in [1.29, 1.82) is 0 Å². The number of aromatic nitrogens is 1. The molecule has 0 aliphatic rings. The minimum absolute atomic E-state index is 0.0962. The number of pyridine rings is 1. The summed E-state index contributed by atoms with van der Waals surface area (Å²) in [7, 11) is 0. The Hall–Kier alpha value is -2.36. The molecule has 0 saturated heterocycles. The molecule has 16 heavy (non-hydrogen) atoms. The summed E-state index contributed by atoms with van der Waals surface area (Å²) in [6.07, 6.45) is 2.80. The molecular weight excluding hydrogens is 206 g/mol. The Bertz CT molecular complexity index is 497. The van der Waals surface area contributed by atoms with E-state index in [2.05, 4.69) is 4.98 Å². The van der Waals surface area contributed by atoms with Crippen molar-refractivity contribution in [2.24, 2.45) is 0 Å². The molecule has 0 unspecified atom stereocenters. The molecule has 0 atom stereocenters. The lowest BCUT2D eigenvalue weighted by Gasteiger charge is -2.07. The van der Waals surface area contributed by atoms with Crippen molar-refractivity contribution in [1.82, 2.24) is 4.98 Å². The number of rotatable bonds is 3. The van der Waals surface area contributed by atoms with Crippen molar-refractivity contribution in [2.75, 3.05) is 0 Å². The molecule has 0 aliphatic heterocycles. The van der Waals surface area contributed by atoms with Gasteiger partial charge in [0.05, 0.1) is 6.20 Å². The van der Waals surface area contributed by atoms with Gasteiger partial charge in [-0.2, -0.15) is 0 Å². The number of hydrogen-bond donors (Lipinski definition) is 1. The number of carbonyl (C=O) groups is 1. The second-order valence-corrected chi connectivity index (χ2v) is 3.09. The van der Waals surface area contributed by atoms with Crippen LogP contribution in [-0.4, -0.2) is 16.1 Å². The van der Waals surface area contributed by atoms with Crippen LogP contribution in [0.5, 0.6) is 11.5 Å². The molecule has 1 heterocycles. The van der Waals surface area contributed by atoms with Crippen LogP contribution in [0.1, 0.15) is 10.4 Å². The van der Waals surface area contributed by atoms with Crippen molar-refractivity contribution in [3.05, 3.63) is 54.4 Å². The topological polar surface area (TPSA) is 59.4 Å². The summed E-state index contributed by atoms with van der Waals surface area (Å²) in [6.45, 7) is 0. The van der Waals surface area contributed by atoms with Crippen LogP contribution in [0.4, 0.5) is 0 Å². The highest BCUT2D eigenvalue weighted by molar-refractivity contribution is 5.90. The fraction of sp³-hybridized carbons (Fsp3) is 0. The number of aromatic carboxylic acids is 1. The van der Waals surface area contributed by atoms with Crippen molar-refractivity contribution >= 4 is 5.97 Å². The molecule has 0 bridgehead atoms. The lowest BCUT2D eigenvalue weighted by atomic mass is 10.2. The van der Waals surface area contributed by atoms with Gasteiger partial charge in [-0.1, -0.05) is 18.2 Å². The molecule has 1 aromatic heterocycles. The molecule has 0 saturated carbocycles. The number of para-hydroxylation sites is 1. The standard InChI is InChI=1S/C12H9NO3/c14-12(15)10-6-7-13-8-11(10)16-9-4-2-1-3-5-9/h1-8H,(H,14,15). The SMILES string of the molecule is O=C(O)c1ccncc1Oc1ccccc1. The van der Waals surface area contributed by atoms with Crippen molar-refractivity contribution in [3.8, 4) is 11.5 Å². The van der Waals surface area contributed by atoms with Gasteiger partial charge in [0, 0.05) is 6.20 Å². The van der Waals surface area contributed by atoms with Gasteiger partial charge in [-0.25, -0.2) is 4.79 Å².